The predicted octanol–water partition coefficient (Wildman–Crippen LogP) is 2.67. The van der Waals surface area contributed by atoms with Crippen LogP contribution in [0.25, 0.3) is 0 Å². The maximum Gasteiger partial charge on any atom is 0.172 e. The fourth-order valence-corrected chi connectivity index (χ4v) is 4.18. The second-order valence-corrected chi connectivity index (χ2v) is 6.32. The lowest BCUT2D eigenvalue weighted by molar-refractivity contribution is 0.796. The molecule has 0 aromatic heterocycles. The molecule has 0 spiro atoms. The lowest BCUT2D eigenvalue weighted by Gasteiger charge is -2.10. The number of nitrogens with zero attached hydrogens (tertiary/aromatic N) is 2. The zero-order valence-electron chi connectivity index (χ0n) is 5.71. The first-order valence-electron chi connectivity index (χ1n) is 2.91. The largest absolute Gasteiger partial charge is 0.301 e. The van der Waals surface area contributed by atoms with Crippen molar-refractivity contribution < 1.29 is 0 Å². The molecule has 11 heavy (non-hydrogen) atoms. The Morgan fingerprint density at radius 2 is 2.73 bits per heavy atom. The highest BCUT2D eigenvalue weighted by molar-refractivity contribution is 9.06. The van der Waals surface area contributed by atoms with Crippen LogP contribution < -0.4 is 0 Å². The molecule has 1 atom stereocenters. The topological polar surface area (TPSA) is 15.6 Å². The quantitative estimate of drug-likeness (QED) is 0.342. The van der Waals surface area contributed by atoms with E-state index in [1.807, 2.05) is 12.4 Å². The number of rotatable bonds is 4. The molecule has 1 unspecified atom stereocenters. The Morgan fingerprint density at radius 3 is 3.36 bits per heavy atom. The fourth-order valence-electron chi connectivity index (χ4n) is 0.596. The van der Waals surface area contributed by atoms with E-state index in [1.165, 1.54) is 9.83 Å². The summed E-state index contributed by atoms with van der Waals surface area (Å²) >= 11 is 5.72. The van der Waals surface area contributed by atoms with Gasteiger partial charge in [-0.1, -0.05) is 17.7 Å². The normalized spacial score (nSPS) is 22.6. The highest BCUT2D eigenvalue weighted by atomic mass is 33.5. The van der Waals surface area contributed by atoms with Gasteiger partial charge in [0.25, 0.3) is 0 Å². The Labute approximate surface area is 83.6 Å². The first-order valence-corrected chi connectivity index (χ1v) is 7.01. The molecule has 62 valence electrons. The Bertz CT molecular complexity index is 161. The molecule has 0 N–H and O–H groups in total. The Morgan fingerprint density at radius 1 is 1.91 bits per heavy atom. The van der Waals surface area contributed by atoms with Crippen LogP contribution >= 0.6 is 44.2 Å². The summed E-state index contributed by atoms with van der Waals surface area (Å²) in [6.45, 7) is 4.50. The van der Waals surface area contributed by atoms with Gasteiger partial charge < -0.3 is 4.31 Å². The highest BCUT2D eigenvalue weighted by Crippen LogP contribution is 2.40. The monoisotopic (exact) mass is 224 g/mol. The summed E-state index contributed by atoms with van der Waals surface area (Å²) in [4.78, 5) is 4.23. The van der Waals surface area contributed by atoms with Crippen LogP contribution in [-0.2, 0) is 0 Å². The van der Waals surface area contributed by atoms with Crippen LogP contribution in [0.3, 0.4) is 0 Å². The van der Waals surface area contributed by atoms with Gasteiger partial charge in [0.15, 0.2) is 4.71 Å². The van der Waals surface area contributed by atoms with E-state index in [-0.39, 0.29) is 4.71 Å². The van der Waals surface area contributed by atoms with Crippen LogP contribution in [0.5, 0.6) is 0 Å². The van der Waals surface area contributed by atoms with Crippen molar-refractivity contribution in [2.45, 2.75) is 4.71 Å². The number of thiol groups is 1. The maximum atomic E-state index is 4.23. The van der Waals surface area contributed by atoms with Gasteiger partial charge >= 0.3 is 0 Å². The molecular formula is C5H8N2S4. The van der Waals surface area contributed by atoms with Crippen molar-refractivity contribution in [2.24, 2.45) is 4.99 Å². The van der Waals surface area contributed by atoms with Gasteiger partial charge in [-0.05, 0) is 32.6 Å². The summed E-state index contributed by atoms with van der Waals surface area (Å²) in [5.41, 5.74) is 0. The molecule has 0 bridgehead atoms. The Hall–Kier alpha value is 0.610. The van der Waals surface area contributed by atoms with E-state index < -0.39 is 0 Å². The molecular weight excluding hydrogens is 216 g/mol. The lowest BCUT2D eigenvalue weighted by atomic mass is 10.6. The number of aliphatic imine (C=N–C) groups is 1. The molecule has 0 aliphatic carbocycles. The minimum Gasteiger partial charge on any atom is -0.301 e. The van der Waals surface area contributed by atoms with Crippen LogP contribution in [0.2, 0.25) is 0 Å². The predicted molar refractivity (Wildman–Crippen MR) is 60.9 cm³/mol. The molecule has 0 radical (unpaired) electrons. The van der Waals surface area contributed by atoms with E-state index in [0.717, 1.165) is 6.54 Å². The first-order chi connectivity index (χ1) is 5.36. The first kappa shape index (κ1) is 9.70. The molecule has 0 aromatic rings. The van der Waals surface area contributed by atoms with Crippen molar-refractivity contribution in [1.29, 1.82) is 0 Å². The van der Waals surface area contributed by atoms with E-state index in [2.05, 4.69) is 27.5 Å². The number of hydrogen-bond donors (Lipinski definition) is 1. The third kappa shape index (κ3) is 3.23. The fraction of sp³-hybridized carbons (Fsp3) is 0.400. The second kappa shape index (κ2) is 5.29. The van der Waals surface area contributed by atoms with Crippen molar-refractivity contribution in [3.8, 4) is 0 Å². The van der Waals surface area contributed by atoms with Gasteiger partial charge in [0, 0.05) is 6.54 Å². The molecule has 0 fully saturated rings. The van der Waals surface area contributed by atoms with E-state index in [9.17, 15) is 0 Å². The maximum absolute atomic E-state index is 4.23. The third-order valence-electron chi connectivity index (χ3n) is 0.977. The SMILES string of the molecule is C=CCN1C=NC(SSS)S1. The second-order valence-electron chi connectivity index (χ2n) is 1.74. The van der Waals surface area contributed by atoms with Gasteiger partial charge in [-0.15, -0.1) is 6.58 Å². The Kier molecular flexibility index (Phi) is 4.66. The van der Waals surface area contributed by atoms with Gasteiger partial charge in [-0.3, -0.25) is 0 Å². The van der Waals surface area contributed by atoms with Gasteiger partial charge in [0.2, 0.25) is 0 Å². The van der Waals surface area contributed by atoms with E-state index in [1.54, 1.807) is 22.7 Å². The summed E-state index contributed by atoms with van der Waals surface area (Å²) in [7, 11) is 3.08. The van der Waals surface area contributed by atoms with Crippen molar-refractivity contribution in [3.63, 3.8) is 0 Å². The lowest BCUT2D eigenvalue weighted by Crippen LogP contribution is -2.08. The van der Waals surface area contributed by atoms with Crippen LogP contribution in [0.1, 0.15) is 0 Å². The van der Waals surface area contributed by atoms with E-state index in [0.29, 0.717) is 0 Å². The number of hydrogen-bond acceptors (Lipinski definition) is 6. The summed E-state index contributed by atoms with van der Waals surface area (Å²) in [5.74, 6) is 0. The van der Waals surface area contributed by atoms with Gasteiger partial charge in [-0.2, -0.15) is 0 Å². The molecule has 2 nitrogen and oxygen atoms in total. The minimum absolute atomic E-state index is 0.262. The molecule has 0 aromatic carbocycles. The zero-order chi connectivity index (χ0) is 8.10. The van der Waals surface area contributed by atoms with Crippen LogP contribution in [0.15, 0.2) is 17.6 Å². The molecule has 1 aliphatic heterocycles. The van der Waals surface area contributed by atoms with Gasteiger partial charge in [0.05, 0.1) is 6.34 Å². The van der Waals surface area contributed by atoms with Crippen LogP contribution in [0, 0.1) is 0 Å². The van der Waals surface area contributed by atoms with E-state index in [4.69, 9.17) is 0 Å². The minimum atomic E-state index is 0.262. The molecule has 1 heterocycles. The smallest absolute Gasteiger partial charge is 0.172 e. The Balaban J connectivity index is 2.24. The van der Waals surface area contributed by atoms with Crippen molar-refractivity contribution in [3.05, 3.63) is 12.7 Å². The average Bonchev–Trinajstić information content (AvgIpc) is 2.38. The molecule has 0 saturated heterocycles. The average molecular weight is 224 g/mol. The zero-order valence-corrected chi connectivity index (χ0v) is 9.06. The van der Waals surface area contributed by atoms with Gasteiger partial charge in [0.1, 0.15) is 0 Å². The van der Waals surface area contributed by atoms with E-state index >= 15 is 0 Å². The van der Waals surface area contributed by atoms with Gasteiger partial charge in [-0.25, -0.2) is 4.99 Å². The van der Waals surface area contributed by atoms with Crippen molar-refractivity contribution in [1.82, 2.24) is 4.31 Å². The summed E-state index contributed by atoms with van der Waals surface area (Å²) in [6, 6.07) is 0. The summed E-state index contributed by atoms with van der Waals surface area (Å²) in [6.07, 6.45) is 3.70. The van der Waals surface area contributed by atoms with Crippen LogP contribution in [0.4, 0.5) is 0 Å². The van der Waals surface area contributed by atoms with Crippen molar-refractivity contribution in [2.75, 3.05) is 6.54 Å². The standard InChI is InChI=1S/C5H8N2S4/c1-2-3-7-4-6-5(9-7)10-11-8/h2,4-5,8H,1,3H2. The molecule has 0 amide bonds. The van der Waals surface area contributed by atoms with Crippen molar-refractivity contribution >= 4 is 50.6 Å². The molecule has 1 rings (SSSR count). The molecule has 6 heteroatoms. The molecule has 0 saturated carbocycles. The highest BCUT2D eigenvalue weighted by Gasteiger charge is 2.17. The molecule has 1 aliphatic rings. The van der Waals surface area contributed by atoms with Crippen LogP contribution in [-0.4, -0.2) is 21.9 Å². The summed E-state index contributed by atoms with van der Waals surface area (Å²) < 4.78 is 2.31. The summed E-state index contributed by atoms with van der Waals surface area (Å²) in [5, 5.41) is 0. The third-order valence-corrected chi connectivity index (χ3v) is 4.66.